The van der Waals surface area contributed by atoms with E-state index in [0.29, 0.717) is 0 Å². The van der Waals surface area contributed by atoms with Crippen LogP contribution in [0.25, 0.3) is 0 Å². The monoisotopic (exact) mass is 401 g/mol. The van der Waals surface area contributed by atoms with Crippen molar-refractivity contribution >= 4 is 27.4 Å². The molecule has 0 bridgehead atoms. The van der Waals surface area contributed by atoms with Gasteiger partial charge in [0.15, 0.2) is 0 Å². The number of nitrogens with zero attached hydrogens (tertiary/aromatic N) is 2. The number of carbonyl (C=O) groups excluding carboxylic acids is 1. The molecule has 0 saturated heterocycles. The molecule has 1 N–H and O–H groups in total. The molecule has 0 heterocycles. The van der Waals surface area contributed by atoms with Crippen molar-refractivity contribution in [1.82, 2.24) is 4.31 Å². The molecule has 9 nitrogen and oxygen atoms in total. The maximum atomic E-state index is 12.6. The number of hydrogen-bond acceptors (Lipinski definition) is 7. The summed E-state index contributed by atoms with van der Waals surface area (Å²) in [7, 11) is -3.81. The van der Waals surface area contributed by atoms with Crippen LogP contribution in [0.15, 0.2) is 23.1 Å². The Morgan fingerprint density at radius 2 is 1.85 bits per heavy atom. The summed E-state index contributed by atoms with van der Waals surface area (Å²) in [6.07, 6.45) is 0. The van der Waals surface area contributed by atoms with Gasteiger partial charge in [-0.3, -0.25) is 14.9 Å². The van der Waals surface area contributed by atoms with E-state index < -0.39 is 32.9 Å². The second kappa shape index (κ2) is 9.65. The van der Waals surface area contributed by atoms with Gasteiger partial charge < -0.3 is 10.1 Å². The van der Waals surface area contributed by atoms with Gasteiger partial charge in [0.2, 0.25) is 10.0 Å². The highest BCUT2D eigenvalue weighted by molar-refractivity contribution is 7.89. The summed E-state index contributed by atoms with van der Waals surface area (Å²) in [6.45, 7) is 9.22. The second-order valence-electron chi connectivity index (χ2n) is 6.00. The highest BCUT2D eigenvalue weighted by Gasteiger charge is 2.28. The van der Waals surface area contributed by atoms with Gasteiger partial charge in [-0.1, -0.05) is 13.8 Å². The molecule has 0 unspecified atom stereocenters. The molecule has 1 aromatic rings. The molecule has 0 aliphatic carbocycles. The smallest absolute Gasteiger partial charge is 0.310 e. The summed E-state index contributed by atoms with van der Waals surface area (Å²) < 4.78 is 31.4. The van der Waals surface area contributed by atoms with Crippen LogP contribution < -0.4 is 5.32 Å². The first kappa shape index (κ1) is 22.8. The zero-order valence-electron chi connectivity index (χ0n) is 16.3. The number of nitrogens with one attached hydrogen (secondary N) is 1. The minimum absolute atomic E-state index is 0.141. The summed E-state index contributed by atoms with van der Waals surface area (Å²) in [5.41, 5.74) is -0.228. The van der Waals surface area contributed by atoms with Gasteiger partial charge in [0.1, 0.15) is 5.69 Å². The van der Waals surface area contributed by atoms with Crippen LogP contribution in [0.4, 0.5) is 11.4 Å². The van der Waals surface area contributed by atoms with Gasteiger partial charge in [-0.15, -0.1) is 0 Å². The van der Waals surface area contributed by atoms with E-state index in [-0.39, 0.29) is 36.0 Å². The molecule has 152 valence electrons. The normalized spacial score (nSPS) is 13.9. The third-order valence-corrected chi connectivity index (χ3v) is 6.35. The van der Waals surface area contributed by atoms with Crippen LogP contribution in [0.3, 0.4) is 0 Å². The Balaban J connectivity index is 3.21. The molecule has 0 radical (unpaired) electrons. The summed E-state index contributed by atoms with van der Waals surface area (Å²) in [5.74, 6) is -0.954. The van der Waals surface area contributed by atoms with E-state index in [0.717, 1.165) is 6.07 Å². The van der Waals surface area contributed by atoms with Crippen molar-refractivity contribution in [1.29, 1.82) is 0 Å². The predicted molar refractivity (Wildman–Crippen MR) is 102 cm³/mol. The van der Waals surface area contributed by atoms with E-state index >= 15 is 0 Å². The quantitative estimate of drug-likeness (QED) is 0.363. The lowest BCUT2D eigenvalue weighted by molar-refractivity contribution is -0.384. The number of nitro groups is 1. The fourth-order valence-corrected chi connectivity index (χ4v) is 3.98. The molecule has 0 aliphatic rings. The van der Waals surface area contributed by atoms with Crippen molar-refractivity contribution in [3.63, 3.8) is 0 Å². The Hall–Kier alpha value is -2.20. The van der Waals surface area contributed by atoms with Gasteiger partial charge in [-0.25, -0.2) is 8.42 Å². The number of benzene rings is 1. The third-order valence-electron chi connectivity index (χ3n) is 4.30. The number of carbonyl (C=O) groups is 1. The maximum absolute atomic E-state index is 12.6. The SMILES string of the molecule is CCOC(=O)[C@H](C)[C@H](C)Nc1ccc(S(=O)(=O)N(CC)CC)cc1[N+](=O)[O-]. The first-order valence-electron chi connectivity index (χ1n) is 8.81. The molecule has 1 rings (SSSR count). The highest BCUT2D eigenvalue weighted by Crippen LogP contribution is 2.30. The third kappa shape index (κ3) is 5.39. The number of anilines is 1. The molecule has 10 heteroatoms. The molecule has 0 aromatic heterocycles. The first-order chi connectivity index (χ1) is 12.6. The van der Waals surface area contributed by atoms with Gasteiger partial charge in [0, 0.05) is 25.2 Å². The number of nitro benzene ring substituents is 1. The lowest BCUT2D eigenvalue weighted by atomic mass is 10.0. The zero-order chi connectivity index (χ0) is 20.8. The molecule has 27 heavy (non-hydrogen) atoms. The summed E-state index contributed by atoms with van der Waals surface area (Å²) in [6, 6.07) is 3.26. The number of sulfonamides is 1. The average Bonchev–Trinajstić information content (AvgIpc) is 2.61. The Bertz CT molecular complexity index is 777. The van der Waals surface area contributed by atoms with E-state index in [4.69, 9.17) is 4.74 Å². The minimum Gasteiger partial charge on any atom is -0.466 e. The molecular weight excluding hydrogens is 374 g/mol. The Labute approximate surface area is 159 Å². The molecule has 0 fully saturated rings. The largest absolute Gasteiger partial charge is 0.466 e. The molecule has 0 amide bonds. The van der Waals surface area contributed by atoms with Crippen molar-refractivity contribution < 1.29 is 22.9 Å². The summed E-state index contributed by atoms with van der Waals surface area (Å²) in [5, 5.41) is 14.4. The van der Waals surface area contributed by atoms with E-state index in [1.54, 1.807) is 34.6 Å². The van der Waals surface area contributed by atoms with E-state index in [2.05, 4.69) is 5.32 Å². The number of hydrogen-bond donors (Lipinski definition) is 1. The maximum Gasteiger partial charge on any atom is 0.310 e. The van der Waals surface area contributed by atoms with E-state index in [1.807, 2.05) is 0 Å². The van der Waals surface area contributed by atoms with Crippen LogP contribution in [0.1, 0.15) is 34.6 Å². The Kier molecular flexibility index (Phi) is 8.17. The van der Waals surface area contributed by atoms with Crippen LogP contribution in [0.2, 0.25) is 0 Å². The number of ether oxygens (including phenoxy) is 1. The molecule has 0 spiro atoms. The first-order valence-corrected chi connectivity index (χ1v) is 10.3. The van der Waals surface area contributed by atoms with Crippen molar-refractivity contribution in [2.45, 2.75) is 45.6 Å². The van der Waals surface area contributed by atoms with Gasteiger partial charge in [-0.2, -0.15) is 4.31 Å². The molecule has 2 atom stereocenters. The minimum atomic E-state index is -3.81. The lowest BCUT2D eigenvalue weighted by Gasteiger charge is -2.22. The molecule has 0 aliphatic heterocycles. The highest BCUT2D eigenvalue weighted by atomic mass is 32.2. The topological polar surface area (TPSA) is 119 Å². The van der Waals surface area contributed by atoms with Gasteiger partial charge in [-0.05, 0) is 32.9 Å². The average molecular weight is 401 g/mol. The zero-order valence-corrected chi connectivity index (χ0v) is 17.1. The van der Waals surface area contributed by atoms with Crippen molar-refractivity contribution in [3.8, 4) is 0 Å². The molecule has 0 saturated carbocycles. The van der Waals surface area contributed by atoms with Crippen molar-refractivity contribution in [3.05, 3.63) is 28.3 Å². The van der Waals surface area contributed by atoms with Gasteiger partial charge in [0.25, 0.3) is 5.69 Å². The fourth-order valence-electron chi connectivity index (χ4n) is 2.51. The Morgan fingerprint density at radius 3 is 2.33 bits per heavy atom. The van der Waals surface area contributed by atoms with Crippen molar-refractivity contribution in [2.75, 3.05) is 25.0 Å². The van der Waals surface area contributed by atoms with Crippen LogP contribution >= 0.6 is 0 Å². The second-order valence-corrected chi connectivity index (χ2v) is 7.94. The van der Waals surface area contributed by atoms with E-state index in [1.165, 1.54) is 16.4 Å². The van der Waals surface area contributed by atoms with Crippen LogP contribution in [-0.2, 0) is 19.6 Å². The van der Waals surface area contributed by atoms with Gasteiger partial charge >= 0.3 is 5.97 Å². The van der Waals surface area contributed by atoms with Crippen LogP contribution in [0, 0.1) is 16.0 Å². The van der Waals surface area contributed by atoms with Crippen LogP contribution in [-0.4, -0.2) is 49.4 Å². The number of esters is 1. The molecule has 1 aromatic carbocycles. The summed E-state index contributed by atoms with van der Waals surface area (Å²) in [4.78, 5) is 22.5. The van der Waals surface area contributed by atoms with Crippen molar-refractivity contribution in [2.24, 2.45) is 5.92 Å². The standard InChI is InChI=1S/C17H27N3O6S/c1-6-19(7-2)27(24,25)14-9-10-15(16(11-14)20(22)23)18-13(5)12(4)17(21)26-8-3/h9-13,18H,6-8H2,1-5H3/t12-,13+/m1/s1. The Morgan fingerprint density at radius 1 is 1.26 bits per heavy atom. The fraction of sp³-hybridized carbons (Fsp3) is 0.588. The summed E-state index contributed by atoms with van der Waals surface area (Å²) >= 11 is 0. The molecular formula is C17H27N3O6S. The lowest BCUT2D eigenvalue weighted by Crippen LogP contribution is -2.32. The van der Waals surface area contributed by atoms with Gasteiger partial charge in [0.05, 0.1) is 22.3 Å². The van der Waals surface area contributed by atoms with Crippen LogP contribution in [0.5, 0.6) is 0 Å². The van der Waals surface area contributed by atoms with E-state index in [9.17, 15) is 23.3 Å². The predicted octanol–water partition coefficient (Wildman–Crippen LogP) is 2.62. The number of rotatable bonds is 10.